The Morgan fingerprint density at radius 3 is 2.41 bits per heavy atom. The van der Waals surface area contributed by atoms with Crippen molar-refractivity contribution in [3.05, 3.63) is 34.0 Å². The molecule has 0 fully saturated rings. The van der Waals surface area contributed by atoms with Crippen LogP contribution in [0.2, 0.25) is 0 Å². The first kappa shape index (κ1) is 27.8. The Bertz CT molecular complexity index is 787. The maximum Gasteiger partial charge on any atom is 0.331 e. The summed E-state index contributed by atoms with van der Waals surface area (Å²) in [5.41, 5.74) is -0.241. The van der Waals surface area contributed by atoms with Crippen LogP contribution in [0.5, 0.6) is 0 Å². The zero-order chi connectivity index (χ0) is 24.5. The second kappa shape index (κ2) is 12.7. The molecule has 0 unspecified atom stereocenters. The summed E-state index contributed by atoms with van der Waals surface area (Å²) in [6.45, 7) is 11.9. The average molecular weight is 466 g/mol. The van der Waals surface area contributed by atoms with Gasteiger partial charge in [0.05, 0.1) is 18.6 Å². The Morgan fingerprint density at radius 1 is 1.28 bits per heavy atom. The van der Waals surface area contributed by atoms with E-state index >= 15 is 0 Å². The van der Waals surface area contributed by atoms with Crippen molar-refractivity contribution in [1.82, 2.24) is 15.5 Å². The molecule has 0 aliphatic heterocycles. The van der Waals surface area contributed by atoms with Gasteiger partial charge in [-0.1, -0.05) is 53.2 Å². The smallest absolute Gasteiger partial charge is 0.331 e. The largest absolute Gasteiger partial charge is 0.478 e. The number of amides is 2. The van der Waals surface area contributed by atoms with Crippen LogP contribution in [0.15, 0.2) is 29.2 Å². The van der Waals surface area contributed by atoms with Gasteiger partial charge in [0.15, 0.2) is 0 Å². The molecule has 0 saturated carbocycles. The van der Waals surface area contributed by atoms with Crippen molar-refractivity contribution >= 4 is 29.1 Å². The van der Waals surface area contributed by atoms with E-state index in [2.05, 4.69) is 10.6 Å². The van der Waals surface area contributed by atoms with E-state index < -0.39 is 17.4 Å². The molecule has 0 saturated heterocycles. The zero-order valence-corrected chi connectivity index (χ0v) is 21.2. The van der Waals surface area contributed by atoms with Crippen LogP contribution >= 0.6 is 11.3 Å². The normalized spacial score (nSPS) is 14.2. The number of nitrogens with one attached hydrogen (secondary N) is 2. The third kappa shape index (κ3) is 7.45. The Balaban J connectivity index is 3.01. The molecule has 1 rings (SSSR count). The second-order valence-corrected chi connectivity index (χ2v) is 9.92. The summed E-state index contributed by atoms with van der Waals surface area (Å²) < 4.78 is 0. The van der Waals surface area contributed by atoms with Gasteiger partial charge in [-0.3, -0.25) is 9.59 Å². The molecule has 8 heteroatoms. The van der Waals surface area contributed by atoms with Crippen LogP contribution < -0.4 is 10.6 Å². The maximum absolute atomic E-state index is 13.2. The first-order valence-electron chi connectivity index (χ1n) is 11.2. The predicted octanol–water partition coefficient (Wildman–Crippen LogP) is 3.41. The maximum atomic E-state index is 13.2. The summed E-state index contributed by atoms with van der Waals surface area (Å²) in [7, 11) is 1.74. The van der Waals surface area contributed by atoms with Crippen molar-refractivity contribution in [2.75, 3.05) is 20.1 Å². The monoisotopic (exact) mass is 465 g/mol. The van der Waals surface area contributed by atoms with Crippen molar-refractivity contribution in [3.8, 4) is 0 Å². The first-order valence-corrected chi connectivity index (χ1v) is 12.0. The van der Waals surface area contributed by atoms with Crippen molar-refractivity contribution < 1.29 is 19.5 Å². The van der Waals surface area contributed by atoms with E-state index in [4.69, 9.17) is 0 Å². The Morgan fingerprint density at radius 2 is 1.94 bits per heavy atom. The van der Waals surface area contributed by atoms with Crippen LogP contribution in [0.4, 0.5) is 0 Å². The molecule has 0 aliphatic rings. The van der Waals surface area contributed by atoms with E-state index in [0.717, 1.165) is 17.7 Å². The molecular formula is C24H39N3O4S. The van der Waals surface area contributed by atoms with Crippen LogP contribution in [-0.4, -0.2) is 60.0 Å². The van der Waals surface area contributed by atoms with Gasteiger partial charge in [0.2, 0.25) is 11.8 Å². The number of carboxylic acid groups (broad SMARTS) is 1. The van der Waals surface area contributed by atoms with Crippen molar-refractivity contribution in [3.63, 3.8) is 0 Å². The van der Waals surface area contributed by atoms with Crippen molar-refractivity contribution in [1.29, 1.82) is 0 Å². The molecule has 3 N–H and O–H groups in total. The van der Waals surface area contributed by atoms with E-state index in [9.17, 15) is 19.5 Å². The molecular weight excluding hydrogens is 426 g/mol. The van der Waals surface area contributed by atoms with Gasteiger partial charge in [-0.2, -0.15) is 0 Å². The number of carboxylic acids is 1. The summed E-state index contributed by atoms with van der Waals surface area (Å²) in [6, 6.07) is 3.10. The molecule has 2 atom stereocenters. The summed E-state index contributed by atoms with van der Waals surface area (Å²) in [4.78, 5) is 40.3. The molecule has 0 aliphatic carbocycles. The number of thiophene rings is 1. The highest BCUT2D eigenvalue weighted by Crippen LogP contribution is 2.31. The first-order chi connectivity index (χ1) is 15.0. The molecule has 1 aromatic heterocycles. The molecule has 0 spiro atoms. The molecule has 0 aromatic carbocycles. The third-order valence-electron chi connectivity index (χ3n) is 5.72. The van der Waals surface area contributed by atoms with Crippen LogP contribution in [-0.2, 0) is 19.8 Å². The molecule has 180 valence electrons. The van der Waals surface area contributed by atoms with Crippen LogP contribution in [0, 0.1) is 5.92 Å². The van der Waals surface area contributed by atoms with Gasteiger partial charge >= 0.3 is 5.97 Å². The van der Waals surface area contributed by atoms with Crippen LogP contribution in [0.3, 0.4) is 0 Å². The lowest BCUT2D eigenvalue weighted by Crippen LogP contribution is -2.55. The number of carbonyl (C=O) groups excluding carboxylic acids is 2. The Kier molecular flexibility index (Phi) is 11.1. The van der Waals surface area contributed by atoms with Crippen molar-refractivity contribution in [2.45, 2.75) is 71.9 Å². The zero-order valence-electron chi connectivity index (χ0n) is 20.4. The second-order valence-electron chi connectivity index (χ2n) is 8.97. The lowest BCUT2D eigenvalue weighted by atomic mass is 9.82. The minimum absolute atomic E-state index is 0.0311. The molecule has 0 bridgehead atoms. The number of unbranched alkanes of at least 4 members (excludes halogenated alkanes) is 1. The van der Waals surface area contributed by atoms with E-state index in [1.54, 1.807) is 29.4 Å². The van der Waals surface area contributed by atoms with Crippen LogP contribution in [0.25, 0.3) is 0 Å². The van der Waals surface area contributed by atoms with Gasteiger partial charge in [-0.05, 0) is 37.8 Å². The summed E-state index contributed by atoms with van der Waals surface area (Å²) >= 11 is 1.59. The topological polar surface area (TPSA) is 98.7 Å². The quantitative estimate of drug-likeness (QED) is 0.388. The third-order valence-corrected chi connectivity index (χ3v) is 6.93. The molecule has 7 nitrogen and oxygen atoms in total. The van der Waals surface area contributed by atoms with Gasteiger partial charge in [-0.15, -0.1) is 11.3 Å². The van der Waals surface area contributed by atoms with Gasteiger partial charge in [0, 0.05) is 22.4 Å². The number of likely N-dealkylation sites (N-methyl/N-ethyl adjacent to an activating group) is 1. The lowest BCUT2D eigenvalue weighted by molar-refractivity contribution is -0.136. The van der Waals surface area contributed by atoms with E-state index in [1.807, 2.05) is 52.1 Å². The van der Waals surface area contributed by atoms with E-state index in [1.165, 1.54) is 6.92 Å². The number of nitrogens with zero attached hydrogens (tertiary/aromatic N) is 1. The van der Waals surface area contributed by atoms with Gasteiger partial charge < -0.3 is 20.6 Å². The summed E-state index contributed by atoms with van der Waals surface area (Å²) in [6.07, 6.45) is 3.34. The summed E-state index contributed by atoms with van der Waals surface area (Å²) in [5, 5.41) is 17.2. The average Bonchev–Trinajstić information content (AvgIpc) is 3.27. The number of aliphatic carboxylic acids is 1. The minimum atomic E-state index is -1.00. The molecule has 1 aromatic rings. The number of hydrogen-bond acceptors (Lipinski definition) is 5. The molecule has 0 radical (unpaired) electrons. The van der Waals surface area contributed by atoms with E-state index in [-0.39, 0.29) is 35.9 Å². The fraction of sp³-hybridized carbons (Fsp3) is 0.625. The summed E-state index contributed by atoms with van der Waals surface area (Å²) in [5.74, 6) is -1.43. The molecule has 32 heavy (non-hydrogen) atoms. The van der Waals surface area contributed by atoms with Gasteiger partial charge in [0.25, 0.3) is 0 Å². The van der Waals surface area contributed by atoms with Crippen LogP contribution in [0.1, 0.15) is 59.3 Å². The fourth-order valence-electron chi connectivity index (χ4n) is 3.71. The Hall–Kier alpha value is -2.19. The van der Waals surface area contributed by atoms with Crippen molar-refractivity contribution in [2.24, 2.45) is 5.92 Å². The van der Waals surface area contributed by atoms with E-state index in [0.29, 0.717) is 6.54 Å². The standard InChI is InChI=1S/C24H39N3O4S/c1-8-9-12-27(18(16(2)3)14-17(4)23(30)31)20(28)15-26-22(29)21(25-7)24(5,6)19-11-10-13-32-19/h10-11,13-14,16,18,21,25H,8-9,12,15H2,1-7H3,(H,26,29)(H,30,31)/b17-14+/t18-,21-/m1/s1. The predicted molar refractivity (Wildman–Crippen MR) is 130 cm³/mol. The Labute approximate surface area is 196 Å². The fourth-order valence-corrected chi connectivity index (χ4v) is 4.59. The molecule has 1 heterocycles. The SMILES string of the molecule is CCCCN(C(=O)CNC(=O)[C@@H](NC)C(C)(C)c1cccs1)[C@H](/C=C(\C)C(=O)O)C(C)C. The number of carbonyl (C=O) groups is 3. The number of rotatable bonds is 13. The van der Waals surface area contributed by atoms with Gasteiger partial charge in [0.1, 0.15) is 0 Å². The lowest BCUT2D eigenvalue weighted by Gasteiger charge is -2.34. The highest BCUT2D eigenvalue weighted by Gasteiger charge is 2.37. The molecule has 2 amide bonds. The highest BCUT2D eigenvalue weighted by molar-refractivity contribution is 7.10. The number of hydrogen-bond donors (Lipinski definition) is 3. The minimum Gasteiger partial charge on any atom is -0.478 e. The highest BCUT2D eigenvalue weighted by atomic mass is 32.1. The van der Waals surface area contributed by atoms with Gasteiger partial charge in [-0.25, -0.2) is 4.79 Å².